The summed E-state index contributed by atoms with van der Waals surface area (Å²) in [5, 5.41) is 3.80. The normalized spacial score (nSPS) is 11.4. The number of ether oxygens (including phenoxy) is 2. The Hall–Kier alpha value is -3.32. The highest BCUT2D eigenvalue weighted by molar-refractivity contribution is 7.99. The molecular formula is C23H22N2O4S. The van der Waals surface area contributed by atoms with Gasteiger partial charge in [0, 0.05) is 16.7 Å². The van der Waals surface area contributed by atoms with Gasteiger partial charge in [0.25, 0.3) is 5.91 Å². The van der Waals surface area contributed by atoms with E-state index in [1.165, 1.54) is 18.9 Å². The maximum Gasteiger partial charge on any atom is 0.307 e. The van der Waals surface area contributed by atoms with Crippen LogP contribution in [0.2, 0.25) is 0 Å². The fourth-order valence-electron chi connectivity index (χ4n) is 2.78. The molecule has 0 aliphatic carbocycles. The van der Waals surface area contributed by atoms with Gasteiger partial charge in [-0.1, -0.05) is 30.0 Å². The quantitative estimate of drug-likeness (QED) is 0.546. The van der Waals surface area contributed by atoms with Crippen LogP contribution in [0.3, 0.4) is 0 Å². The summed E-state index contributed by atoms with van der Waals surface area (Å²) in [5.74, 6) is 0.0234. The van der Waals surface area contributed by atoms with E-state index in [1.807, 2.05) is 42.5 Å². The molecule has 1 unspecified atom stereocenters. The number of benzene rings is 2. The molecule has 0 bridgehead atoms. The van der Waals surface area contributed by atoms with Crippen molar-refractivity contribution in [2.45, 2.75) is 22.4 Å². The Bertz CT molecular complexity index is 976. The molecule has 30 heavy (non-hydrogen) atoms. The van der Waals surface area contributed by atoms with Crippen LogP contribution in [0.4, 0.5) is 0 Å². The van der Waals surface area contributed by atoms with Crippen molar-refractivity contribution in [1.29, 1.82) is 0 Å². The van der Waals surface area contributed by atoms with Crippen LogP contribution in [0, 0.1) is 0 Å². The van der Waals surface area contributed by atoms with Crippen molar-refractivity contribution in [1.82, 2.24) is 10.3 Å². The summed E-state index contributed by atoms with van der Waals surface area (Å²) >= 11 is 1.52. The molecule has 6 nitrogen and oxygen atoms in total. The van der Waals surface area contributed by atoms with Gasteiger partial charge in [-0.2, -0.15) is 0 Å². The average molecular weight is 423 g/mol. The van der Waals surface area contributed by atoms with Crippen LogP contribution in [-0.4, -0.2) is 31.1 Å². The number of hydrogen-bond donors (Lipinski definition) is 1. The fourth-order valence-corrected chi connectivity index (χ4v) is 3.56. The number of rotatable bonds is 8. The molecule has 3 rings (SSSR count). The molecule has 7 heteroatoms. The third-order valence-corrected chi connectivity index (χ3v) is 5.36. The van der Waals surface area contributed by atoms with Crippen molar-refractivity contribution < 1.29 is 19.1 Å². The summed E-state index contributed by atoms with van der Waals surface area (Å²) in [6, 6.07) is 19.7. The summed E-state index contributed by atoms with van der Waals surface area (Å²) < 4.78 is 9.95. The molecule has 1 N–H and O–H groups in total. The van der Waals surface area contributed by atoms with E-state index in [1.54, 1.807) is 37.6 Å². The summed E-state index contributed by atoms with van der Waals surface area (Å²) in [6.45, 7) is 0. The van der Waals surface area contributed by atoms with E-state index in [9.17, 15) is 9.59 Å². The van der Waals surface area contributed by atoms with E-state index >= 15 is 0 Å². The number of esters is 1. The van der Waals surface area contributed by atoms with Gasteiger partial charge < -0.3 is 14.8 Å². The van der Waals surface area contributed by atoms with Crippen molar-refractivity contribution in [2.24, 2.45) is 0 Å². The first-order valence-corrected chi connectivity index (χ1v) is 10.1. The van der Waals surface area contributed by atoms with E-state index in [-0.39, 0.29) is 12.3 Å². The number of hydrogen-bond acceptors (Lipinski definition) is 6. The molecule has 0 saturated carbocycles. The summed E-state index contributed by atoms with van der Waals surface area (Å²) in [4.78, 5) is 29.9. The topological polar surface area (TPSA) is 77.5 Å². The predicted octanol–water partition coefficient (Wildman–Crippen LogP) is 4.28. The highest BCUT2D eigenvalue weighted by atomic mass is 32.2. The zero-order valence-corrected chi connectivity index (χ0v) is 17.5. The van der Waals surface area contributed by atoms with E-state index in [0.717, 1.165) is 15.5 Å². The Morgan fingerprint density at radius 1 is 1.00 bits per heavy atom. The average Bonchev–Trinajstić information content (AvgIpc) is 2.79. The molecule has 0 aliphatic heterocycles. The zero-order valence-electron chi connectivity index (χ0n) is 16.7. The van der Waals surface area contributed by atoms with Crippen LogP contribution >= 0.6 is 11.8 Å². The third kappa shape index (κ3) is 5.84. The highest BCUT2D eigenvalue weighted by Crippen LogP contribution is 2.26. The Morgan fingerprint density at radius 2 is 1.73 bits per heavy atom. The Kier molecular flexibility index (Phi) is 7.45. The molecule has 0 spiro atoms. The van der Waals surface area contributed by atoms with Crippen molar-refractivity contribution in [3.05, 3.63) is 84.1 Å². The van der Waals surface area contributed by atoms with Crippen LogP contribution < -0.4 is 10.1 Å². The number of carbonyl (C=O) groups is 2. The molecule has 0 radical (unpaired) electrons. The number of amides is 1. The first-order valence-electron chi connectivity index (χ1n) is 9.29. The molecule has 1 amide bonds. The molecule has 3 aromatic rings. The van der Waals surface area contributed by atoms with Crippen molar-refractivity contribution in [2.75, 3.05) is 14.2 Å². The lowest BCUT2D eigenvalue weighted by molar-refractivity contribution is -0.141. The van der Waals surface area contributed by atoms with Crippen LogP contribution in [0.5, 0.6) is 5.75 Å². The molecule has 1 aromatic heterocycles. The van der Waals surface area contributed by atoms with Crippen LogP contribution in [0.25, 0.3) is 0 Å². The van der Waals surface area contributed by atoms with Gasteiger partial charge in [-0.25, -0.2) is 4.98 Å². The lowest BCUT2D eigenvalue weighted by atomic mass is 10.0. The Morgan fingerprint density at radius 3 is 2.33 bits per heavy atom. The van der Waals surface area contributed by atoms with Crippen molar-refractivity contribution in [3.63, 3.8) is 0 Å². The molecule has 1 heterocycles. The summed E-state index contributed by atoms with van der Waals surface area (Å²) in [5.41, 5.74) is 1.29. The smallest absolute Gasteiger partial charge is 0.307 e. The van der Waals surface area contributed by atoms with Gasteiger partial charge in [0.1, 0.15) is 10.8 Å². The van der Waals surface area contributed by atoms with Crippen molar-refractivity contribution in [3.8, 4) is 5.75 Å². The van der Waals surface area contributed by atoms with E-state index in [2.05, 4.69) is 10.3 Å². The van der Waals surface area contributed by atoms with Gasteiger partial charge in [-0.3, -0.25) is 9.59 Å². The SMILES string of the molecule is COC(=O)CC(NC(=O)c1ccc(Sc2ccccn2)cc1)c1ccc(OC)cc1. The van der Waals surface area contributed by atoms with Crippen LogP contribution in [0.15, 0.2) is 82.8 Å². The van der Waals surface area contributed by atoms with Crippen LogP contribution in [0.1, 0.15) is 28.4 Å². The number of methoxy groups -OCH3 is 2. The summed E-state index contributed by atoms with van der Waals surface area (Å²) in [7, 11) is 2.91. The number of nitrogens with one attached hydrogen (secondary N) is 1. The second-order valence-corrected chi connectivity index (χ2v) is 7.47. The number of aromatic nitrogens is 1. The number of pyridine rings is 1. The molecule has 0 fully saturated rings. The molecule has 1 atom stereocenters. The number of carbonyl (C=O) groups excluding carboxylic acids is 2. The van der Waals surface area contributed by atoms with Gasteiger partial charge in [0.15, 0.2) is 0 Å². The first kappa shape index (κ1) is 21.4. The maximum absolute atomic E-state index is 12.8. The second-order valence-electron chi connectivity index (χ2n) is 6.37. The largest absolute Gasteiger partial charge is 0.497 e. The minimum atomic E-state index is -0.515. The molecule has 154 valence electrons. The summed E-state index contributed by atoms with van der Waals surface area (Å²) in [6.07, 6.45) is 1.77. The van der Waals surface area contributed by atoms with Gasteiger partial charge in [-0.15, -0.1) is 0 Å². The minimum Gasteiger partial charge on any atom is -0.497 e. The molecule has 2 aromatic carbocycles. The minimum absolute atomic E-state index is 0.0299. The maximum atomic E-state index is 12.8. The lowest BCUT2D eigenvalue weighted by Crippen LogP contribution is -2.30. The van der Waals surface area contributed by atoms with E-state index in [4.69, 9.17) is 9.47 Å². The highest BCUT2D eigenvalue weighted by Gasteiger charge is 2.20. The van der Waals surface area contributed by atoms with Gasteiger partial charge in [0.2, 0.25) is 0 Å². The molecule has 0 saturated heterocycles. The number of nitrogens with zero attached hydrogens (tertiary/aromatic N) is 1. The Balaban J connectivity index is 1.71. The molecular weight excluding hydrogens is 400 g/mol. The third-order valence-electron chi connectivity index (χ3n) is 4.40. The first-order chi connectivity index (χ1) is 14.6. The standard InChI is InChI=1S/C23H22N2O4S/c1-28-18-10-6-16(7-11-18)20(15-22(26)29-2)25-23(27)17-8-12-19(13-9-17)30-21-5-3-4-14-24-21/h3-14,20H,15H2,1-2H3,(H,25,27). The van der Waals surface area contributed by atoms with Crippen LogP contribution in [-0.2, 0) is 9.53 Å². The van der Waals surface area contributed by atoms with Gasteiger partial charge in [0.05, 0.1) is 26.7 Å². The second kappa shape index (κ2) is 10.5. The van der Waals surface area contributed by atoms with Gasteiger partial charge in [-0.05, 0) is 54.1 Å². The van der Waals surface area contributed by atoms with E-state index in [0.29, 0.717) is 11.3 Å². The zero-order chi connectivity index (χ0) is 21.3. The lowest BCUT2D eigenvalue weighted by Gasteiger charge is -2.19. The predicted molar refractivity (Wildman–Crippen MR) is 115 cm³/mol. The monoisotopic (exact) mass is 422 g/mol. The van der Waals surface area contributed by atoms with Gasteiger partial charge >= 0.3 is 5.97 Å². The van der Waals surface area contributed by atoms with E-state index < -0.39 is 12.0 Å². The van der Waals surface area contributed by atoms with Crippen molar-refractivity contribution >= 4 is 23.6 Å². The fraction of sp³-hybridized carbons (Fsp3) is 0.174. The molecule has 0 aliphatic rings. The Labute approximate surface area is 179 Å².